The van der Waals surface area contributed by atoms with Crippen molar-refractivity contribution in [2.45, 2.75) is 12.7 Å². The Hall–Kier alpha value is -0.320. The van der Waals surface area contributed by atoms with E-state index in [4.69, 9.17) is 22.3 Å². The van der Waals surface area contributed by atoms with Crippen LogP contribution in [0.2, 0.25) is 5.02 Å². The lowest BCUT2D eigenvalue weighted by Crippen LogP contribution is -1.97. The van der Waals surface area contributed by atoms with Crippen molar-refractivity contribution in [1.82, 2.24) is 0 Å². The summed E-state index contributed by atoms with van der Waals surface area (Å²) in [5.74, 6) is -0.891. The van der Waals surface area contributed by atoms with Crippen molar-refractivity contribution in [1.29, 1.82) is 0 Å². The van der Waals surface area contributed by atoms with Crippen LogP contribution in [-0.4, -0.2) is 8.42 Å². The van der Waals surface area contributed by atoms with Crippen LogP contribution >= 0.6 is 22.3 Å². The first-order valence-electron chi connectivity index (χ1n) is 3.66. The van der Waals surface area contributed by atoms with Gasteiger partial charge in [-0.25, -0.2) is 12.8 Å². The third-order valence-corrected chi connectivity index (χ3v) is 2.89. The van der Waals surface area contributed by atoms with E-state index < -0.39 is 14.9 Å². The Morgan fingerprint density at radius 1 is 1.43 bits per heavy atom. The highest BCUT2D eigenvalue weighted by Gasteiger charge is 2.11. The van der Waals surface area contributed by atoms with Crippen molar-refractivity contribution in [3.8, 4) is 0 Å². The molecule has 0 atom stereocenters. The van der Waals surface area contributed by atoms with Gasteiger partial charge in [-0.3, -0.25) is 0 Å². The second-order valence-corrected chi connectivity index (χ2v) is 6.08. The van der Waals surface area contributed by atoms with Crippen LogP contribution < -0.4 is 0 Å². The van der Waals surface area contributed by atoms with Crippen molar-refractivity contribution in [3.05, 3.63) is 34.1 Å². The molecule has 0 fully saturated rings. The third-order valence-electron chi connectivity index (χ3n) is 1.61. The van der Waals surface area contributed by atoms with Gasteiger partial charge in [-0.1, -0.05) is 17.7 Å². The average molecular weight is 257 g/mol. The molecule has 2 nitrogen and oxygen atoms in total. The van der Waals surface area contributed by atoms with E-state index >= 15 is 0 Å². The van der Waals surface area contributed by atoms with Gasteiger partial charge in [-0.05, 0) is 24.1 Å². The largest absolute Gasteiger partial charge is 0.236 e. The van der Waals surface area contributed by atoms with Gasteiger partial charge < -0.3 is 0 Å². The summed E-state index contributed by atoms with van der Waals surface area (Å²) in [4.78, 5) is 0. The Kier molecular flexibility index (Phi) is 3.40. The summed E-state index contributed by atoms with van der Waals surface area (Å²) in [6.45, 7) is 1.51. The van der Waals surface area contributed by atoms with E-state index in [1.807, 2.05) is 0 Å². The van der Waals surface area contributed by atoms with Gasteiger partial charge in [0, 0.05) is 10.7 Å². The molecule has 1 aromatic rings. The molecular weight excluding hydrogens is 250 g/mol. The van der Waals surface area contributed by atoms with Gasteiger partial charge >= 0.3 is 0 Å². The van der Waals surface area contributed by atoms with E-state index in [-0.39, 0.29) is 10.8 Å². The van der Waals surface area contributed by atoms with E-state index in [0.717, 1.165) is 0 Å². The highest BCUT2D eigenvalue weighted by atomic mass is 35.7. The zero-order valence-electron chi connectivity index (χ0n) is 7.22. The predicted octanol–water partition coefficient (Wildman–Crippen LogP) is 2.86. The molecule has 6 heteroatoms. The number of benzene rings is 1. The quantitative estimate of drug-likeness (QED) is 0.763. The Labute approximate surface area is 91.1 Å². The van der Waals surface area contributed by atoms with Crippen LogP contribution in [0.4, 0.5) is 4.39 Å². The molecule has 0 radical (unpaired) electrons. The molecule has 0 heterocycles. The molecule has 0 spiro atoms. The highest BCUT2D eigenvalue weighted by molar-refractivity contribution is 8.13. The summed E-state index contributed by atoms with van der Waals surface area (Å²) in [5, 5.41) is -0.0969. The van der Waals surface area contributed by atoms with Crippen molar-refractivity contribution in [3.63, 3.8) is 0 Å². The molecule has 1 rings (SSSR count). The minimum atomic E-state index is -3.63. The van der Waals surface area contributed by atoms with Gasteiger partial charge in [0.2, 0.25) is 9.05 Å². The molecule has 1 aromatic carbocycles. The first-order chi connectivity index (χ1) is 6.29. The molecular formula is C8H7Cl2FO2S. The smallest absolute Gasteiger partial charge is 0.212 e. The van der Waals surface area contributed by atoms with Crippen LogP contribution in [0.3, 0.4) is 0 Å². The summed E-state index contributed by atoms with van der Waals surface area (Å²) in [5.41, 5.74) is 0.678. The first-order valence-corrected chi connectivity index (χ1v) is 6.52. The zero-order valence-corrected chi connectivity index (χ0v) is 9.55. The number of hydrogen-bond acceptors (Lipinski definition) is 2. The third kappa shape index (κ3) is 3.12. The van der Waals surface area contributed by atoms with E-state index in [9.17, 15) is 12.8 Å². The molecule has 0 saturated heterocycles. The molecule has 0 aliphatic carbocycles. The number of halogens is 3. The Bertz CT molecular complexity index is 433. The molecule has 0 bridgehead atoms. The standard InChI is InChI=1S/C8H7Cl2FO2S/c1-5-2-6(4-14(10,12)13)3-7(9)8(5)11/h2-3H,4H2,1H3. The van der Waals surface area contributed by atoms with Crippen LogP contribution in [-0.2, 0) is 14.8 Å². The Morgan fingerprint density at radius 3 is 2.43 bits per heavy atom. The average Bonchev–Trinajstić information content (AvgIpc) is 1.96. The molecule has 0 aliphatic rings. The van der Waals surface area contributed by atoms with Crippen LogP contribution in [0.15, 0.2) is 12.1 Å². The van der Waals surface area contributed by atoms with Crippen LogP contribution in [0, 0.1) is 12.7 Å². The maximum atomic E-state index is 13.0. The van der Waals surface area contributed by atoms with Gasteiger partial charge in [-0.2, -0.15) is 0 Å². The Balaban J connectivity index is 3.14. The van der Waals surface area contributed by atoms with Gasteiger partial charge in [0.15, 0.2) is 0 Å². The lowest BCUT2D eigenvalue weighted by atomic mass is 10.1. The van der Waals surface area contributed by atoms with Crippen molar-refractivity contribution in [2.75, 3.05) is 0 Å². The zero-order chi connectivity index (χ0) is 10.9. The fraction of sp³-hybridized carbons (Fsp3) is 0.250. The maximum absolute atomic E-state index is 13.0. The number of aryl methyl sites for hydroxylation is 1. The maximum Gasteiger partial charge on any atom is 0.236 e. The van der Waals surface area contributed by atoms with E-state index in [1.165, 1.54) is 19.1 Å². The Morgan fingerprint density at radius 2 is 2.00 bits per heavy atom. The van der Waals surface area contributed by atoms with Crippen LogP contribution in [0.25, 0.3) is 0 Å². The van der Waals surface area contributed by atoms with Gasteiger partial charge in [0.1, 0.15) is 5.82 Å². The lowest BCUT2D eigenvalue weighted by molar-refractivity contribution is 0.607. The second kappa shape index (κ2) is 4.04. The van der Waals surface area contributed by atoms with Crippen molar-refractivity contribution < 1.29 is 12.8 Å². The van der Waals surface area contributed by atoms with Gasteiger partial charge in [-0.15, -0.1) is 0 Å². The van der Waals surface area contributed by atoms with Gasteiger partial charge in [0.25, 0.3) is 0 Å². The van der Waals surface area contributed by atoms with Crippen LogP contribution in [0.1, 0.15) is 11.1 Å². The van der Waals surface area contributed by atoms with Crippen molar-refractivity contribution in [2.24, 2.45) is 0 Å². The molecule has 0 aliphatic heterocycles. The van der Waals surface area contributed by atoms with E-state index in [2.05, 4.69) is 0 Å². The predicted molar refractivity (Wildman–Crippen MR) is 54.6 cm³/mol. The second-order valence-electron chi connectivity index (χ2n) is 2.89. The first kappa shape index (κ1) is 11.8. The molecule has 0 aromatic heterocycles. The molecule has 14 heavy (non-hydrogen) atoms. The minimum Gasteiger partial charge on any atom is -0.212 e. The summed E-state index contributed by atoms with van der Waals surface area (Å²) < 4.78 is 34.5. The number of hydrogen-bond donors (Lipinski definition) is 0. The highest BCUT2D eigenvalue weighted by Crippen LogP contribution is 2.22. The van der Waals surface area contributed by atoms with Crippen LogP contribution in [0.5, 0.6) is 0 Å². The van der Waals surface area contributed by atoms with Crippen molar-refractivity contribution >= 4 is 31.3 Å². The molecule has 78 valence electrons. The fourth-order valence-electron chi connectivity index (χ4n) is 1.08. The summed E-state index contributed by atoms with van der Waals surface area (Å²) in [6.07, 6.45) is 0. The fourth-order valence-corrected chi connectivity index (χ4v) is 2.31. The summed E-state index contributed by atoms with van der Waals surface area (Å²) in [7, 11) is 1.42. The molecule has 0 saturated carbocycles. The monoisotopic (exact) mass is 256 g/mol. The summed E-state index contributed by atoms with van der Waals surface area (Å²) >= 11 is 5.54. The topological polar surface area (TPSA) is 34.1 Å². The van der Waals surface area contributed by atoms with E-state index in [1.54, 1.807) is 0 Å². The summed E-state index contributed by atoms with van der Waals surface area (Å²) in [6, 6.07) is 2.66. The normalized spacial score (nSPS) is 11.7. The molecule has 0 amide bonds. The molecule has 0 N–H and O–H groups in total. The lowest BCUT2D eigenvalue weighted by Gasteiger charge is -2.03. The molecule has 0 unspecified atom stereocenters. The van der Waals surface area contributed by atoms with Gasteiger partial charge in [0.05, 0.1) is 10.8 Å². The van der Waals surface area contributed by atoms with E-state index in [0.29, 0.717) is 11.1 Å². The minimum absolute atomic E-state index is 0.0969. The SMILES string of the molecule is Cc1cc(CS(=O)(=O)Cl)cc(Cl)c1F. The number of rotatable bonds is 2.